The summed E-state index contributed by atoms with van der Waals surface area (Å²) in [7, 11) is 0. The molecule has 0 bridgehead atoms. The monoisotopic (exact) mass is 341 g/mol. The van der Waals surface area contributed by atoms with Gasteiger partial charge in [0.2, 0.25) is 10.1 Å². The average Bonchev–Trinajstić information content (AvgIpc) is 3.27. The molecule has 1 aliphatic rings. The number of hydrogen-bond acceptors (Lipinski definition) is 6. The normalized spacial score (nSPS) is 18.5. The molecule has 4 aromatic rings. The van der Waals surface area contributed by atoms with Gasteiger partial charge in [0.15, 0.2) is 0 Å². The highest BCUT2D eigenvalue weighted by Gasteiger charge is 2.31. The smallest absolute Gasteiger partial charge is 0.214 e. The molecule has 5 nitrogen and oxygen atoms in total. The first-order valence-corrected chi connectivity index (χ1v) is 9.36. The molecule has 0 saturated carbocycles. The second kappa shape index (κ2) is 5.01. The number of anilines is 1. The molecule has 1 unspecified atom stereocenters. The van der Waals surface area contributed by atoms with E-state index in [1.165, 1.54) is 16.1 Å². The summed E-state index contributed by atoms with van der Waals surface area (Å²) in [6, 6.07) is 8.71. The number of aryl methyl sites for hydroxylation is 1. The summed E-state index contributed by atoms with van der Waals surface area (Å²) < 4.78 is 3.15. The SMILES string of the molecule is Cc1cn2nc(N3CCCC3c3nc4ccccc4s3)sc2n1. The maximum atomic E-state index is 4.86. The Morgan fingerprint density at radius 2 is 2.09 bits per heavy atom. The fourth-order valence-corrected chi connectivity index (χ4v) is 5.32. The van der Waals surface area contributed by atoms with Crippen molar-refractivity contribution in [3.05, 3.63) is 41.2 Å². The molecule has 4 heterocycles. The largest absolute Gasteiger partial charge is 0.337 e. The van der Waals surface area contributed by atoms with Gasteiger partial charge in [0, 0.05) is 6.54 Å². The Balaban J connectivity index is 1.54. The van der Waals surface area contributed by atoms with E-state index in [0.717, 1.165) is 34.3 Å². The van der Waals surface area contributed by atoms with E-state index in [4.69, 9.17) is 10.1 Å². The molecule has 1 atom stereocenters. The van der Waals surface area contributed by atoms with Crippen molar-refractivity contribution in [3.8, 4) is 0 Å². The standard InChI is InChI=1S/C16H15N5S2/c1-10-9-21-15(17-10)23-16(19-21)20-8-4-6-12(20)14-18-11-5-2-3-7-13(11)22-14/h2-3,5,7,9,12H,4,6,8H2,1H3. The number of nitrogens with zero attached hydrogens (tertiary/aromatic N) is 5. The van der Waals surface area contributed by atoms with Crippen LogP contribution in [0.25, 0.3) is 15.2 Å². The number of hydrogen-bond donors (Lipinski definition) is 0. The number of thiazole rings is 1. The second-order valence-electron chi connectivity index (χ2n) is 5.87. The lowest BCUT2D eigenvalue weighted by atomic mass is 10.2. The van der Waals surface area contributed by atoms with Crippen molar-refractivity contribution in [1.82, 2.24) is 19.6 Å². The summed E-state index contributed by atoms with van der Waals surface area (Å²) in [6.45, 7) is 3.04. The van der Waals surface area contributed by atoms with Crippen LogP contribution in [0.15, 0.2) is 30.5 Å². The van der Waals surface area contributed by atoms with Crippen LogP contribution in [0.1, 0.15) is 29.6 Å². The molecule has 7 heteroatoms. The molecule has 0 amide bonds. The summed E-state index contributed by atoms with van der Waals surface area (Å²) in [5, 5.41) is 6.97. The van der Waals surface area contributed by atoms with Crippen LogP contribution in [-0.2, 0) is 0 Å². The van der Waals surface area contributed by atoms with Crippen LogP contribution < -0.4 is 4.90 Å². The lowest BCUT2D eigenvalue weighted by Gasteiger charge is -2.21. The summed E-state index contributed by atoms with van der Waals surface area (Å²) in [5.74, 6) is 0. The highest BCUT2D eigenvalue weighted by molar-refractivity contribution is 7.20. The van der Waals surface area contributed by atoms with Gasteiger partial charge in [-0.25, -0.2) is 14.5 Å². The Morgan fingerprint density at radius 1 is 1.17 bits per heavy atom. The predicted molar refractivity (Wildman–Crippen MR) is 94.5 cm³/mol. The zero-order valence-electron chi connectivity index (χ0n) is 12.6. The van der Waals surface area contributed by atoms with Crippen molar-refractivity contribution in [2.45, 2.75) is 25.8 Å². The van der Waals surface area contributed by atoms with E-state index in [1.54, 1.807) is 22.7 Å². The van der Waals surface area contributed by atoms with Crippen LogP contribution in [0.2, 0.25) is 0 Å². The van der Waals surface area contributed by atoms with Gasteiger partial charge in [-0.05, 0) is 31.9 Å². The van der Waals surface area contributed by atoms with Gasteiger partial charge in [0.25, 0.3) is 0 Å². The van der Waals surface area contributed by atoms with Crippen LogP contribution in [0.5, 0.6) is 0 Å². The van der Waals surface area contributed by atoms with Crippen molar-refractivity contribution in [1.29, 1.82) is 0 Å². The van der Waals surface area contributed by atoms with Crippen molar-refractivity contribution >= 4 is 43.0 Å². The topological polar surface area (TPSA) is 46.3 Å². The van der Waals surface area contributed by atoms with Gasteiger partial charge in [-0.2, -0.15) is 0 Å². The quantitative estimate of drug-likeness (QED) is 0.552. The Morgan fingerprint density at radius 3 is 2.96 bits per heavy atom. The Labute approximate surface area is 141 Å². The zero-order valence-corrected chi connectivity index (χ0v) is 14.3. The number of imidazole rings is 1. The first kappa shape index (κ1) is 13.4. The Kier molecular flexibility index (Phi) is 2.93. The minimum Gasteiger partial charge on any atom is -0.337 e. The van der Waals surface area contributed by atoms with E-state index < -0.39 is 0 Å². The molecule has 1 aliphatic heterocycles. The maximum Gasteiger partial charge on any atom is 0.214 e. The summed E-state index contributed by atoms with van der Waals surface area (Å²) in [4.78, 5) is 12.7. The lowest BCUT2D eigenvalue weighted by Crippen LogP contribution is -2.22. The third-order valence-electron chi connectivity index (χ3n) is 4.25. The second-order valence-corrected chi connectivity index (χ2v) is 7.86. The van der Waals surface area contributed by atoms with E-state index >= 15 is 0 Å². The molecule has 0 N–H and O–H groups in total. The highest BCUT2D eigenvalue weighted by Crippen LogP contribution is 2.40. The molecule has 3 aromatic heterocycles. The van der Waals surface area contributed by atoms with Crippen LogP contribution in [0.4, 0.5) is 5.13 Å². The Bertz CT molecular complexity index is 934. The van der Waals surface area contributed by atoms with Crippen molar-refractivity contribution < 1.29 is 0 Å². The molecule has 0 aliphatic carbocycles. The van der Waals surface area contributed by atoms with E-state index in [1.807, 2.05) is 17.6 Å². The van der Waals surface area contributed by atoms with Crippen LogP contribution in [0, 0.1) is 6.92 Å². The third kappa shape index (κ3) is 2.14. The summed E-state index contributed by atoms with van der Waals surface area (Å²) in [5.41, 5.74) is 2.11. The molecular weight excluding hydrogens is 326 g/mol. The van der Waals surface area contributed by atoms with Crippen molar-refractivity contribution in [2.24, 2.45) is 0 Å². The van der Waals surface area contributed by atoms with Crippen LogP contribution in [-0.4, -0.2) is 26.1 Å². The van der Waals surface area contributed by atoms with Gasteiger partial charge < -0.3 is 4.90 Å². The molecule has 0 spiro atoms. The van der Waals surface area contributed by atoms with Crippen LogP contribution >= 0.6 is 22.7 Å². The Hall–Kier alpha value is -1.99. The molecule has 1 fully saturated rings. The molecule has 23 heavy (non-hydrogen) atoms. The first-order valence-electron chi connectivity index (χ1n) is 7.73. The lowest BCUT2D eigenvalue weighted by molar-refractivity contribution is 0.707. The van der Waals surface area contributed by atoms with E-state index in [9.17, 15) is 0 Å². The fourth-order valence-electron chi connectivity index (χ4n) is 3.20. The van der Waals surface area contributed by atoms with Gasteiger partial charge in [0.1, 0.15) is 5.01 Å². The third-order valence-corrected chi connectivity index (χ3v) is 6.34. The van der Waals surface area contributed by atoms with E-state index in [-0.39, 0.29) is 0 Å². The van der Waals surface area contributed by atoms with E-state index in [0.29, 0.717) is 6.04 Å². The molecular formula is C16H15N5S2. The first-order chi connectivity index (χ1) is 11.3. The molecule has 116 valence electrons. The average molecular weight is 341 g/mol. The number of rotatable bonds is 2. The van der Waals surface area contributed by atoms with Gasteiger partial charge in [-0.15, -0.1) is 16.4 Å². The van der Waals surface area contributed by atoms with Gasteiger partial charge in [-0.3, -0.25) is 0 Å². The van der Waals surface area contributed by atoms with Crippen molar-refractivity contribution in [2.75, 3.05) is 11.4 Å². The number of para-hydroxylation sites is 1. The fraction of sp³-hybridized carbons (Fsp3) is 0.312. The van der Waals surface area contributed by atoms with Gasteiger partial charge in [0.05, 0.1) is 28.1 Å². The van der Waals surface area contributed by atoms with Gasteiger partial charge >= 0.3 is 0 Å². The van der Waals surface area contributed by atoms with E-state index in [2.05, 4.69) is 34.1 Å². The summed E-state index contributed by atoms with van der Waals surface area (Å²) >= 11 is 3.47. The minimum atomic E-state index is 0.337. The van der Waals surface area contributed by atoms with Crippen LogP contribution in [0.3, 0.4) is 0 Å². The number of benzene rings is 1. The molecule has 5 rings (SSSR count). The summed E-state index contributed by atoms with van der Waals surface area (Å²) in [6.07, 6.45) is 4.31. The number of fused-ring (bicyclic) bond motifs is 2. The van der Waals surface area contributed by atoms with Gasteiger partial charge in [-0.1, -0.05) is 23.5 Å². The zero-order chi connectivity index (χ0) is 15.4. The molecule has 1 aromatic carbocycles. The highest BCUT2D eigenvalue weighted by atomic mass is 32.1. The number of aromatic nitrogens is 4. The molecule has 1 saturated heterocycles. The minimum absolute atomic E-state index is 0.337. The maximum absolute atomic E-state index is 4.86. The van der Waals surface area contributed by atoms with Crippen molar-refractivity contribution in [3.63, 3.8) is 0 Å². The molecule has 0 radical (unpaired) electrons. The predicted octanol–water partition coefficient (Wildman–Crippen LogP) is 4.05.